The van der Waals surface area contributed by atoms with Gasteiger partial charge in [0.05, 0.1) is 0 Å². The predicted molar refractivity (Wildman–Crippen MR) is 64.0 cm³/mol. The highest BCUT2D eigenvalue weighted by molar-refractivity contribution is 5.90. The summed E-state index contributed by atoms with van der Waals surface area (Å²) in [6, 6.07) is -1.37. The van der Waals surface area contributed by atoms with E-state index in [0.29, 0.717) is 0 Å². The number of rotatable bonds is 5. The standard InChI is InChI=1S/C11H19N3O4/c1-6(8(15)12-3)13-10(18)14-11(2,9(16)17)7-4-5-7/h6-7H,4-5H2,1-3H3,(H,12,15)(H,16,17)(H2,13,14,18). The fourth-order valence-corrected chi connectivity index (χ4v) is 1.74. The molecule has 1 aliphatic rings. The van der Waals surface area contributed by atoms with Crippen molar-refractivity contribution in [1.29, 1.82) is 0 Å². The van der Waals surface area contributed by atoms with Crippen molar-refractivity contribution in [2.45, 2.75) is 38.3 Å². The second kappa shape index (κ2) is 5.24. The van der Waals surface area contributed by atoms with E-state index in [1.807, 2.05) is 0 Å². The molecular weight excluding hydrogens is 238 g/mol. The number of carbonyl (C=O) groups excluding carboxylic acids is 2. The summed E-state index contributed by atoms with van der Waals surface area (Å²) in [6.07, 6.45) is 1.57. The Morgan fingerprint density at radius 2 is 1.89 bits per heavy atom. The van der Waals surface area contributed by atoms with Gasteiger partial charge in [-0.1, -0.05) is 0 Å². The highest BCUT2D eigenvalue weighted by Crippen LogP contribution is 2.39. The number of hydrogen-bond acceptors (Lipinski definition) is 3. The summed E-state index contributed by atoms with van der Waals surface area (Å²) >= 11 is 0. The number of carbonyl (C=O) groups is 3. The zero-order valence-electron chi connectivity index (χ0n) is 10.7. The topological polar surface area (TPSA) is 108 Å². The molecule has 4 N–H and O–H groups in total. The molecule has 102 valence electrons. The molecule has 0 bridgehead atoms. The number of likely N-dealkylation sites (N-methyl/N-ethyl adjacent to an activating group) is 1. The second-order valence-electron chi connectivity index (χ2n) is 4.72. The third-order valence-electron chi connectivity index (χ3n) is 3.20. The van der Waals surface area contributed by atoms with Gasteiger partial charge in [-0.2, -0.15) is 0 Å². The van der Waals surface area contributed by atoms with Crippen LogP contribution >= 0.6 is 0 Å². The first kappa shape index (κ1) is 14.3. The van der Waals surface area contributed by atoms with Gasteiger partial charge in [0.25, 0.3) is 0 Å². The molecule has 0 aromatic rings. The molecule has 1 rings (SSSR count). The van der Waals surface area contributed by atoms with Gasteiger partial charge in [0.1, 0.15) is 11.6 Å². The van der Waals surface area contributed by atoms with E-state index in [-0.39, 0.29) is 11.8 Å². The number of nitrogens with one attached hydrogen (secondary N) is 3. The van der Waals surface area contributed by atoms with Crippen LogP contribution in [-0.4, -0.2) is 41.6 Å². The minimum atomic E-state index is -1.27. The van der Waals surface area contributed by atoms with Gasteiger partial charge >= 0.3 is 12.0 Å². The molecule has 7 nitrogen and oxygen atoms in total. The molecule has 0 radical (unpaired) electrons. The van der Waals surface area contributed by atoms with E-state index in [0.717, 1.165) is 12.8 Å². The van der Waals surface area contributed by atoms with Crippen molar-refractivity contribution in [3.05, 3.63) is 0 Å². The van der Waals surface area contributed by atoms with Crippen LogP contribution in [0, 0.1) is 5.92 Å². The van der Waals surface area contributed by atoms with Crippen LogP contribution in [0.1, 0.15) is 26.7 Å². The van der Waals surface area contributed by atoms with Crippen LogP contribution < -0.4 is 16.0 Å². The van der Waals surface area contributed by atoms with Gasteiger partial charge in [-0.25, -0.2) is 9.59 Å². The van der Waals surface area contributed by atoms with Crippen LogP contribution in [-0.2, 0) is 9.59 Å². The first-order valence-electron chi connectivity index (χ1n) is 5.85. The van der Waals surface area contributed by atoms with Crippen molar-refractivity contribution in [2.24, 2.45) is 5.92 Å². The van der Waals surface area contributed by atoms with Crippen molar-refractivity contribution in [3.8, 4) is 0 Å². The number of amides is 3. The maximum absolute atomic E-state index is 11.7. The molecule has 0 aromatic carbocycles. The van der Waals surface area contributed by atoms with Crippen molar-refractivity contribution in [3.63, 3.8) is 0 Å². The van der Waals surface area contributed by atoms with Gasteiger partial charge < -0.3 is 21.1 Å². The Morgan fingerprint density at radius 1 is 1.33 bits per heavy atom. The first-order chi connectivity index (χ1) is 8.31. The summed E-state index contributed by atoms with van der Waals surface area (Å²) < 4.78 is 0. The van der Waals surface area contributed by atoms with Gasteiger partial charge in [0.15, 0.2) is 0 Å². The lowest BCUT2D eigenvalue weighted by atomic mass is 9.96. The van der Waals surface area contributed by atoms with Gasteiger partial charge in [0.2, 0.25) is 5.91 Å². The van der Waals surface area contributed by atoms with Gasteiger partial charge in [-0.15, -0.1) is 0 Å². The summed E-state index contributed by atoms with van der Waals surface area (Å²) in [4.78, 5) is 34.1. The molecule has 0 saturated heterocycles. The van der Waals surface area contributed by atoms with Gasteiger partial charge in [0, 0.05) is 7.05 Å². The zero-order chi connectivity index (χ0) is 13.9. The second-order valence-corrected chi connectivity index (χ2v) is 4.72. The Morgan fingerprint density at radius 3 is 2.28 bits per heavy atom. The molecule has 2 atom stereocenters. The van der Waals surface area contributed by atoms with E-state index < -0.39 is 23.6 Å². The van der Waals surface area contributed by atoms with E-state index in [1.165, 1.54) is 20.9 Å². The average molecular weight is 257 g/mol. The van der Waals surface area contributed by atoms with Crippen LogP contribution in [0.25, 0.3) is 0 Å². The minimum absolute atomic E-state index is 0.0453. The SMILES string of the molecule is CNC(=O)C(C)NC(=O)NC(C)(C(=O)O)C1CC1. The molecule has 1 aliphatic carbocycles. The van der Waals surface area contributed by atoms with Crippen LogP contribution in [0.4, 0.5) is 4.79 Å². The molecule has 7 heteroatoms. The van der Waals surface area contributed by atoms with Crippen molar-refractivity contribution >= 4 is 17.9 Å². The first-order valence-corrected chi connectivity index (χ1v) is 5.85. The largest absolute Gasteiger partial charge is 0.480 e. The highest BCUT2D eigenvalue weighted by atomic mass is 16.4. The maximum atomic E-state index is 11.7. The van der Waals surface area contributed by atoms with Crippen LogP contribution in [0.3, 0.4) is 0 Å². The lowest BCUT2D eigenvalue weighted by molar-refractivity contribution is -0.144. The summed E-state index contributed by atoms with van der Waals surface area (Å²) in [6.45, 7) is 3.00. The van der Waals surface area contributed by atoms with Crippen LogP contribution in [0.2, 0.25) is 0 Å². The Balaban J connectivity index is 2.57. The fraction of sp³-hybridized carbons (Fsp3) is 0.727. The minimum Gasteiger partial charge on any atom is -0.480 e. The number of urea groups is 1. The Labute approximate surface area is 105 Å². The monoisotopic (exact) mass is 257 g/mol. The van der Waals surface area contributed by atoms with E-state index in [9.17, 15) is 14.4 Å². The smallest absolute Gasteiger partial charge is 0.329 e. The third kappa shape index (κ3) is 3.12. The van der Waals surface area contributed by atoms with E-state index in [2.05, 4.69) is 16.0 Å². The number of hydrogen-bond donors (Lipinski definition) is 4. The van der Waals surface area contributed by atoms with E-state index in [1.54, 1.807) is 0 Å². The summed E-state index contributed by atoms with van der Waals surface area (Å²) in [5.41, 5.74) is -1.27. The molecular formula is C11H19N3O4. The highest BCUT2D eigenvalue weighted by Gasteiger charge is 2.48. The molecule has 18 heavy (non-hydrogen) atoms. The summed E-state index contributed by atoms with van der Waals surface area (Å²) in [5.74, 6) is -1.45. The lowest BCUT2D eigenvalue weighted by Crippen LogP contribution is -2.59. The molecule has 0 aliphatic heterocycles. The van der Waals surface area contributed by atoms with E-state index in [4.69, 9.17) is 5.11 Å². The molecule has 1 fully saturated rings. The number of carboxylic acid groups (broad SMARTS) is 1. The Hall–Kier alpha value is -1.79. The normalized spacial score (nSPS) is 19.3. The molecule has 2 unspecified atom stereocenters. The van der Waals surface area contributed by atoms with Gasteiger partial charge in [-0.05, 0) is 32.6 Å². The molecule has 1 saturated carbocycles. The van der Waals surface area contributed by atoms with Crippen molar-refractivity contribution < 1.29 is 19.5 Å². The van der Waals surface area contributed by atoms with Crippen LogP contribution in [0.15, 0.2) is 0 Å². The molecule has 0 aromatic heterocycles. The van der Waals surface area contributed by atoms with Crippen molar-refractivity contribution in [2.75, 3.05) is 7.05 Å². The zero-order valence-corrected chi connectivity index (χ0v) is 10.7. The average Bonchev–Trinajstić information content (AvgIpc) is 3.11. The van der Waals surface area contributed by atoms with Crippen LogP contribution in [0.5, 0.6) is 0 Å². The number of aliphatic carboxylic acids is 1. The molecule has 3 amide bonds. The fourth-order valence-electron chi connectivity index (χ4n) is 1.74. The van der Waals surface area contributed by atoms with Crippen molar-refractivity contribution in [1.82, 2.24) is 16.0 Å². The Kier molecular flexibility index (Phi) is 4.15. The quantitative estimate of drug-likeness (QED) is 0.541. The summed E-state index contributed by atoms with van der Waals surface area (Å²) in [7, 11) is 1.46. The maximum Gasteiger partial charge on any atom is 0.329 e. The lowest BCUT2D eigenvalue weighted by Gasteiger charge is -2.27. The Bertz CT molecular complexity index is 367. The molecule has 0 spiro atoms. The van der Waals surface area contributed by atoms with Gasteiger partial charge in [-0.3, -0.25) is 4.79 Å². The third-order valence-corrected chi connectivity index (χ3v) is 3.20. The van der Waals surface area contributed by atoms with E-state index >= 15 is 0 Å². The predicted octanol–water partition coefficient (Wildman–Crippen LogP) is -0.327. The molecule has 0 heterocycles. The summed E-state index contributed by atoms with van der Waals surface area (Å²) in [5, 5.41) is 16.4. The number of carboxylic acids is 1.